The second-order valence-electron chi connectivity index (χ2n) is 5.79. The third-order valence-corrected chi connectivity index (χ3v) is 4.38. The van der Waals surface area contributed by atoms with Gasteiger partial charge in [0.1, 0.15) is 17.9 Å². The van der Waals surface area contributed by atoms with Gasteiger partial charge in [0.05, 0.1) is 0 Å². The quantitative estimate of drug-likeness (QED) is 0.443. The molecule has 0 radical (unpaired) electrons. The number of hydrogen-bond acceptors (Lipinski definition) is 2. The Morgan fingerprint density at radius 3 is 2.40 bits per heavy atom. The van der Waals surface area contributed by atoms with Gasteiger partial charge in [0.15, 0.2) is 0 Å². The molecule has 3 heteroatoms. The van der Waals surface area contributed by atoms with Gasteiger partial charge in [0.2, 0.25) is 0 Å². The molecule has 0 amide bonds. The van der Waals surface area contributed by atoms with E-state index in [1.54, 1.807) is 6.20 Å². The van der Waals surface area contributed by atoms with Crippen LogP contribution in [0, 0.1) is 0 Å². The van der Waals surface area contributed by atoms with Gasteiger partial charge in [-0.25, -0.2) is 0 Å². The topological polar surface area (TPSA) is 22.1 Å². The molecule has 0 bridgehead atoms. The Hall–Kier alpha value is -2.84. The molecule has 0 fully saturated rings. The molecule has 0 unspecified atom stereocenters. The smallest absolute Gasteiger partial charge is 0.146 e. The highest BCUT2D eigenvalue weighted by atomic mass is 35.5. The first-order valence-electron chi connectivity index (χ1n) is 8.12. The summed E-state index contributed by atoms with van der Waals surface area (Å²) in [6.07, 6.45) is 1.79. The fourth-order valence-corrected chi connectivity index (χ4v) is 3.01. The first kappa shape index (κ1) is 15.7. The maximum absolute atomic E-state index is 6.03. The molecule has 0 aliphatic heterocycles. The van der Waals surface area contributed by atoms with Crippen molar-refractivity contribution in [3.05, 3.63) is 95.6 Å². The lowest BCUT2D eigenvalue weighted by molar-refractivity contribution is 0.309. The molecule has 1 aromatic heterocycles. The van der Waals surface area contributed by atoms with Crippen LogP contribution in [0.25, 0.3) is 22.0 Å². The number of hydrogen-bond donors (Lipinski definition) is 0. The summed E-state index contributed by atoms with van der Waals surface area (Å²) in [4.78, 5) is 4.55. The fraction of sp³-hybridized carbons (Fsp3) is 0.0455. The standard InChI is InChI=1S/C22H16ClNO/c23-18-10-8-17(9-11-18)19-12-13-21(22-20(19)7-4-14-24-22)25-15-16-5-2-1-3-6-16/h1-14H,15H2. The molecular formula is C22H16ClNO. The van der Waals surface area contributed by atoms with Crippen molar-refractivity contribution in [2.45, 2.75) is 6.61 Å². The number of aromatic nitrogens is 1. The molecule has 4 rings (SSSR count). The molecular weight excluding hydrogens is 330 g/mol. The maximum Gasteiger partial charge on any atom is 0.146 e. The number of nitrogens with zero attached hydrogens (tertiary/aromatic N) is 1. The lowest BCUT2D eigenvalue weighted by Gasteiger charge is -2.12. The number of benzene rings is 3. The van der Waals surface area contributed by atoms with Crippen molar-refractivity contribution in [1.82, 2.24) is 4.98 Å². The zero-order valence-electron chi connectivity index (χ0n) is 13.5. The van der Waals surface area contributed by atoms with E-state index >= 15 is 0 Å². The summed E-state index contributed by atoms with van der Waals surface area (Å²) in [6, 6.07) is 26.1. The molecule has 122 valence electrons. The van der Waals surface area contributed by atoms with E-state index in [0.717, 1.165) is 38.4 Å². The van der Waals surface area contributed by atoms with Gasteiger partial charge >= 0.3 is 0 Å². The van der Waals surface area contributed by atoms with E-state index in [9.17, 15) is 0 Å². The number of halogens is 1. The zero-order valence-corrected chi connectivity index (χ0v) is 14.3. The van der Waals surface area contributed by atoms with Crippen LogP contribution in [0.1, 0.15) is 5.56 Å². The van der Waals surface area contributed by atoms with E-state index < -0.39 is 0 Å². The SMILES string of the molecule is Clc1ccc(-c2ccc(OCc3ccccc3)c3ncccc23)cc1. The van der Waals surface area contributed by atoms with Crippen LogP contribution in [-0.2, 0) is 6.61 Å². The molecule has 0 atom stereocenters. The molecule has 0 aliphatic rings. The van der Waals surface area contributed by atoms with E-state index in [1.165, 1.54) is 0 Å². The highest BCUT2D eigenvalue weighted by Crippen LogP contribution is 2.34. The molecule has 3 aromatic carbocycles. The van der Waals surface area contributed by atoms with E-state index in [2.05, 4.69) is 29.2 Å². The largest absolute Gasteiger partial charge is 0.487 e. The monoisotopic (exact) mass is 345 g/mol. The van der Waals surface area contributed by atoms with Gasteiger partial charge in [0, 0.05) is 16.6 Å². The van der Waals surface area contributed by atoms with E-state index in [-0.39, 0.29) is 0 Å². The predicted octanol–water partition coefficient (Wildman–Crippen LogP) is 6.13. The number of pyridine rings is 1. The molecule has 0 aliphatic carbocycles. The Kier molecular flexibility index (Phi) is 4.36. The molecule has 2 nitrogen and oxygen atoms in total. The van der Waals surface area contributed by atoms with Crippen molar-refractivity contribution in [2.24, 2.45) is 0 Å². The van der Waals surface area contributed by atoms with Crippen molar-refractivity contribution in [1.29, 1.82) is 0 Å². The first-order valence-corrected chi connectivity index (χ1v) is 8.49. The van der Waals surface area contributed by atoms with Gasteiger partial charge in [-0.3, -0.25) is 4.98 Å². The second kappa shape index (κ2) is 6.96. The highest BCUT2D eigenvalue weighted by molar-refractivity contribution is 6.30. The molecule has 1 heterocycles. The van der Waals surface area contributed by atoms with Crippen molar-refractivity contribution in [3.63, 3.8) is 0 Å². The molecule has 0 saturated carbocycles. The van der Waals surface area contributed by atoms with Crippen LogP contribution >= 0.6 is 11.6 Å². The van der Waals surface area contributed by atoms with Crippen LogP contribution in [0.15, 0.2) is 85.1 Å². The molecule has 0 N–H and O–H groups in total. The average molecular weight is 346 g/mol. The van der Waals surface area contributed by atoms with Crippen LogP contribution in [-0.4, -0.2) is 4.98 Å². The highest BCUT2D eigenvalue weighted by Gasteiger charge is 2.10. The minimum atomic E-state index is 0.521. The third-order valence-electron chi connectivity index (χ3n) is 4.13. The van der Waals surface area contributed by atoms with E-state index in [4.69, 9.17) is 16.3 Å². The average Bonchev–Trinajstić information content (AvgIpc) is 2.68. The van der Waals surface area contributed by atoms with Gasteiger partial charge in [-0.15, -0.1) is 0 Å². The zero-order chi connectivity index (χ0) is 17.1. The second-order valence-corrected chi connectivity index (χ2v) is 6.23. The summed E-state index contributed by atoms with van der Waals surface area (Å²) in [5.74, 6) is 0.789. The third kappa shape index (κ3) is 3.35. The van der Waals surface area contributed by atoms with Crippen molar-refractivity contribution in [3.8, 4) is 16.9 Å². The lowest BCUT2D eigenvalue weighted by atomic mass is 10.0. The summed E-state index contributed by atoms with van der Waals surface area (Å²) in [5, 5.41) is 1.80. The first-order chi connectivity index (χ1) is 12.3. The van der Waals surface area contributed by atoms with Gasteiger partial charge in [-0.2, -0.15) is 0 Å². The van der Waals surface area contributed by atoms with Gasteiger partial charge in [-0.05, 0) is 47.0 Å². The predicted molar refractivity (Wildman–Crippen MR) is 103 cm³/mol. The van der Waals surface area contributed by atoms with Crippen LogP contribution in [0.5, 0.6) is 5.75 Å². The number of fused-ring (bicyclic) bond motifs is 1. The van der Waals surface area contributed by atoms with Crippen LogP contribution in [0.2, 0.25) is 5.02 Å². The summed E-state index contributed by atoms with van der Waals surface area (Å²) >= 11 is 6.01. The van der Waals surface area contributed by atoms with Gasteiger partial charge in [-0.1, -0.05) is 60.1 Å². The minimum Gasteiger partial charge on any atom is -0.487 e. The molecule has 0 saturated heterocycles. The number of rotatable bonds is 4. The number of ether oxygens (including phenoxy) is 1. The Labute approximate surface area is 151 Å². The van der Waals surface area contributed by atoms with Crippen LogP contribution < -0.4 is 4.74 Å². The molecule has 25 heavy (non-hydrogen) atoms. The van der Waals surface area contributed by atoms with Gasteiger partial charge in [0.25, 0.3) is 0 Å². The normalized spacial score (nSPS) is 10.8. The summed E-state index contributed by atoms with van der Waals surface area (Å²) in [6.45, 7) is 0.521. The summed E-state index contributed by atoms with van der Waals surface area (Å²) in [5.41, 5.74) is 4.23. The van der Waals surface area contributed by atoms with Crippen LogP contribution in [0.4, 0.5) is 0 Å². The van der Waals surface area contributed by atoms with Crippen molar-refractivity contribution >= 4 is 22.5 Å². The van der Waals surface area contributed by atoms with Crippen LogP contribution in [0.3, 0.4) is 0 Å². The Bertz CT molecular complexity index is 997. The fourth-order valence-electron chi connectivity index (χ4n) is 2.88. The van der Waals surface area contributed by atoms with E-state index in [1.807, 2.05) is 54.6 Å². The molecule has 0 spiro atoms. The van der Waals surface area contributed by atoms with Crippen molar-refractivity contribution < 1.29 is 4.74 Å². The maximum atomic E-state index is 6.03. The Morgan fingerprint density at radius 1 is 0.800 bits per heavy atom. The lowest BCUT2D eigenvalue weighted by Crippen LogP contribution is -1.97. The summed E-state index contributed by atoms with van der Waals surface area (Å²) in [7, 11) is 0. The Balaban J connectivity index is 1.73. The van der Waals surface area contributed by atoms with E-state index in [0.29, 0.717) is 6.61 Å². The van der Waals surface area contributed by atoms with Crippen molar-refractivity contribution in [2.75, 3.05) is 0 Å². The minimum absolute atomic E-state index is 0.521. The molecule has 4 aromatic rings. The Morgan fingerprint density at radius 2 is 1.60 bits per heavy atom. The summed E-state index contributed by atoms with van der Waals surface area (Å²) < 4.78 is 6.03. The van der Waals surface area contributed by atoms with Gasteiger partial charge < -0.3 is 4.74 Å².